The third kappa shape index (κ3) is 2.06. The predicted molar refractivity (Wildman–Crippen MR) is 67.0 cm³/mol. The van der Waals surface area contributed by atoms with Crippen LogP contribution in [0.15, 0.2) is 24.3 Å². The number of hydrogen-bond acceptors (Lipinski definition) is 6. The molecule has 1 aromatic carbocycles. The molecular formula is C11H8FN5OS. The topological polar surface area (TPSA) is 76.7 Å². The van der Waals surface area contributed by atoms with Crippen molar-refractivity contribution in [3.05, 3.63) is 30.1 Å². The first kappa shape index (κ1) is 11.7. The number of tetrazole rings is 1. The van der Waals surface area contributed by atoms with Crippen molar-refractivity contribution in [3.8, 4) is 27.2 Å². The lowest BCUT2D eigenvalue weighted by Crippen LogP contribution is -1.92. The van der Waals surface area contributed by atoms with Gasteiger partial charge in [-0.3, -0.25) is 0 Å². The van der Waals surface area contributed by atoms with E-state index in [2.05, 4.69) is 20.5 Å². The van der Waals surface area contributed by atoms with Crippen LogP contribution in [-0.2, 0) is 7.05 Å². The summed E-state index contributed by atoms with van der Waals surface area (Å²) >= 11 is 1.20. The van der Waals surface area contributed by atoms with E-state index in [4.69, 9.17) is 0 Å². The van der Waals surface area contributed by atoms with Crippen LogP contribution in [0.2, 0.25) is 0 Å². The number of aryl methyl sites for hydroxylation is 1. The highest BCUT2D eigenvalue weighted by Gasteiger charge is 2.18. The molecule has 0 unspecified atom stereocenters. The number of aromatic nitrogens is 5. The lowest BCUT2D eigenvalue weighted by Gasteiger charge is -1.95. The van der Waals surface area contributed by atoms with Crippen molar-refractivity contribution >= 4 is 11.3 Å². The summed E-state index contributed by atoms with van der Waals surface area (Å²) in [5.41, 5.74) is 0.599. The number of hydrogen-bond donors (Lipinski definition) is 1. The Hall–Kier alpha value is -2.35. The fourth-order valence-corrected chi connectivity index (χ4v) is 2.60. The van der Waals surface area contributed by atoms with Gasteiger partial charge >= 0.3 is 0 Å². The molecule has 0 spiro atoms. The molecule has 0 fully saturated rings. The third-order valence-corrected chi connectivity index (χ3v) is 3.59. The fourth-order valence-electron chi connectivity index (χ4n) is 1.62. The van der Waals surface area contributed by atoms with Gasteiger partial charge in [0, 0.05) is 12.6 Å². The molecule has 96 valence electrons. The SMILES string of the molecule is Cn1nnnc1-c1sc(-c2cccc(F)c2)nc1O. The normalized spacial score (nSPS) is 10.8. The highest BCUT2D eigenvalue weighted by Crippen LogP contribution is 2.37. The summed E-state index contributed by atoms with van der Waals surface area (Å²) in [7, 11) is 1.66. The van der Waals surface area contributed by atoms with Gasteiger partial charge in [0.05, 0.1) is 0 Å². The largest absolute Gasteiger partial charge is 0.492 e. The molecule has 0 atom stereocenters. The van der Waals surface area contributed by atoms with Gasteiger partial charge < -0.3 is 5.11 Å². The minimum absolute atomic E-state index is 0.165. The maximum atomic E-state index is 13.2. The number of nitrogens with zero attached hydrogens (tertiary/aromatic N) is 5. The van der Waals surface area contributed by atoms with Gasteiger partial charge in [-0.25, -0.2) is 14.1 Å². The lowest BCUT2D eigenvalue weighted by molar-refractivity contribution is 0.459. The second-order valence-electron chi connectivity index (χ2n) is 3.81. The zero-order valence-corrected chi connectivity index (χ0v) is 10.6. The van der Waals surface area contributed by atoms with Gasteiger partial charge in [0.1, 0.15) is 15.7 Å². The summed E-state index contributed by atoms with van der Waals surface area (Å²) in [5, 5.41) is 21.4. The van der Waals surface area contributed by atoms with Crippen LogP contribution in [0, 0.1) is 5.82 Å². The average molecular weight is 277 g/mol. The molecule has 6 nitrogen and oxygen atoms in total. The number of halogens is 1. The summed E-state index contributed by atoms with van der Waals surface area (Å²) in [4.78, 5) is 4.47. The van der Waals surface area contributed by atoms with E-state index < -0.39 is 0 Å². The van der Waals surface area contributed by atoms with Crippen molar-refractivity contribution in [3.63, 3.8) is 0 Å². The molecule has 0 aliphatic carbocycles. The van der Waals surface area contributed by atoms with E-state index >= 15 is 0 Å². The van der Waals surface area contributed by atoms with Crippen molar-refractivity contribution < 1.29 is 9.50 Å². The Morgan fingerprint density at radius 1 is 1.37 bits per heavy atom. The Morgan fingerprint density at radius 3 is 2.89 bits per heavy atom. The van der Waals surface area contributed by atoms with E-state index in [-0.39, 0.29) is 11.7 Å². The van der Waals surface area contributed by atoms with E-state index in [1.807, 2.05) is 0 Å². The number of benzene rings is 1. The molecule has 8 heteroatoms. The van der Waals surface area contributed by atoms with Crippen LogP contribution < -0.4 is 0 Å². The van der Waals surface area contributed by atoms with E-state index in [0.717, 1.165) is 0 Å². The first-order valence-electron chi connectivity index (χ1n) is 5.33. The van der Waals surface area contributed by atoms with Gasteiger partial charge in [0.2, 0.25) is 5.88 Å². The van der Waals surface area contributed by atoms with Crippen molar-refractivity contribution in [2.24, 2.45) is 7.05 Å². The Balaban J connectivity index is 2.10. The average Bonchev–Trinajstić information content (AvgIpc) is 2.95. The summed E-state index contributed by atoms with van der Waals surface area (Å²) < 4.78 is 14.6. The molecule has 0 aliphatic rings. The maximum absolute atomic E-state index is 13.2. The highest BCUT2D eigenvalue weighted by atomic mass is 32.1. The van der Waals surface area contributed by atoms with Gasteiger partial charge in [-0.1, -0.05) is 12.1 Å². The molecular weight excluding hydrogens is 269 g/mol. The molecule has 0 bridgehead atoms. The Bertz CT molecular complexity index is 738. The molecule has 3 aromatic rings. The van der Waals surface area contributed by atoms with Crippen LogP contribution in [0.3, 0.4) is 0 Å². The molecule has 2 heterocycles. The smallest absolute Gasteiger partial charge is 0.234 e. The summed E-state index contributed by atoms with van der Waals surface area (Å²) in [5.74, 6) is -0.103. The minimum Gasteiger partial charge on any atom is -0.492 e. The Kier molecular flexibility index (Phi) is 2.71. The van der Waals surface area contributed by atoms with E-state index in [9.17, 15) is 9.50 Å². The molecule has 19 heavy (non-hydrogen) atoms. The van der Waals surface area contributed by atoms with Crippen molar-refractivity contribution in [2.75, 3.05) is 0 Å². The molecule has 2 aromatic heterocycles. The standard InChI is InChI=1S/C11H8FN5OS/c1-17-9(14-15-16-17)8-10(18)13-11(19-8)6-3-2-4-7(12)5-6/h2-5,18H,1H3. The predicted octanol–water partition coefficient (Wildman–Crippen LogP) is 1.85. The quantitative estimate of drug-likeness (QED) is 0.773. The second kappa shape index (κ2) is 4.39. The van der Waals surface area contributed by atoms with Gasteiger partial charge in [-0.05, 0) is 22.6 Å². The molecule has 3 rings (SSSR count). The van der Waals surface area contributed by atoms with Gasteiger partial charge in [-0.15, -0.1) is 16.4 Å². The van der Waals surface area contributed by atoms with Crippen molar-refractivity contribution in [1.82, 2.24) is 25.2 Å². The van der Waals surface area contributed by atoms with Crippen LogP contribution in [0.5, 0.6) is 5.88 Å². The second-order valence-corrected chi connectivity index (χ2v) is 4.81. The fraction of sp³-hybridized carbons (Fsp3) is 0.0909. The van der Waals surface area contributed by atoms with Crippen LogP contribution in [-0.4, -0.2) is 30.3 Å². The molecule has 0 radical (unpaired) electrons. The summed E-state index contributed by atoms with van der Waals surface area (Å²) in [6.45, 7) is 0. The molecule has 0 saturated heterocycles. The van der Waals surface area contributed by atoms with Crippen molar-refractivity contribution in [1.29, 1.82) is 0 Å². The highest BCUT2D eigenvalue weighted by molar-refractivity contribution is 7.18. The van der Waals surface area contributed by atoms with E-state index in [1.54, 1.807) is 19.2 Å². The zero-order chi connectivity index (χ0) is 13.4. The molecule has 0 amide bonds. The van der Waals surface area contributed by atoms with Gasteiger partial charge in [-0.2, -0.15) is 0 Å². The third-order valence-electron chi connectivity index (χ3n) is 2.50. The van der Waals surface area contributed by atoms with Crippen LogP contribution in [0.25, 0.3) is 21.3 Å². The first-order valence-corrected chi connectivity index (χ1v) is 6.15. The van der Waals surface area contributed by atoms with Crippen molar-refractivity contribution in [2.45, 2.75) is 0 Å². The summed E-state index contributed by atoms with van der Waals surface area (Å²) in [6.07, 6.45) is 0. The molecule has 0 aliphatic heterocycles. The van der Waals surface area contributed by atoms with Crippen LogP contribution >= 0.6 is 11.3 Å². The van der Waals surface area contributed by atoms with Crippen LogP contribution in [0.4, 0.5) is 4.39 Å². The zero-order valence-electron chi connectivity index (χ0n) is 9.78. The van der Waals surface area contributed by atoms with E-state index in [1.165, 1.54) is 28.2 Å². The maximum Gasteiger partial charge on any atom is 0.234 e. The summed E-state index contributed by atoms with van der Waals surface area (Å²) in [6, 6.07) is 6.02. The van der Waals surface area contributed by atoms with E-state index in [0.29, 0.717) is 21.3 Å². The molecule has 1 N–H and O–H groups in total. The first-order chi connectivity index (χ1) is 9.15. The van der Waals surface area contributed by atoms with Gasteiger partial charge in [0.15, 0.2) is 5.82 Å². The van der Waals surface area contributed by atoms with Crippen LogP contribution in [0.1, 0.15) is 0 Å². The Labute approximate surface area is 111 Å². The molecule has 0 saturated carbocycles. The monoisotopic (exact) mass is 277 g/mol. The number of rotatable bonds is 2. The number of thiazole rings is 1. The lowest BCUT2D eigenvalue weighted by atomic mass is 10.2. The number of aromatic hydroxyl groups is 1. The van der Waals surface area contributed by atoms with Gasteiger partial charge in [0.25, 0.3) is 0 Å². The minimum atomic E-state index is -0.353. The Morgan fingerprint density at radius 2 is 2.21 bits per heavy atom.